The van der Waals surface area contributed by atoms with Gasteiger partial charge in [-0.25, -0.2) is 8.42 Å². The van der Waals surface area contributed by atoms with Crippen LogP contribution in [0.4, 0.5) is 10.8 Å². The van der Waals surface area contributed by atoms with Crippen LogP contribution in [0.2, 0.25) is 0 Å². The third kappa shape index (κ3) is 5.00. The lowest BCUT2D eigenvalue weighted by atomic mass is 10.1. The van der Waals surface area contributed by atoms with Crippen LogP contribution in [0.5, 0.6) is 0 Å². The van der Waals surface area contributed by atoms with Gasteiger partial charge in [0.25, 0.3) is 10.0 Å². The molecule has 0 atom stereocenters. The van der Waals surface area contributed by atoms with Crippen molar-refractivity contribution in [2.45, 2.75) is 30.0 Å². The fourth-order valence-electron chi connectivity index (χ4n) is 2.67. The van der Waals surface area contributed by atoms with Gasteiger partial charge in [-0.15, -0.1) is 10.2 Å². The molecule has 1 heterocycles. The highest BCUT2D eigenvalue weighted by atomic mass is 32.2. The standard InChI is InChI=1S/C20H22N4O3S3/c1-13-5-9-17(10-6-13)30(26,27)24(16-8-7-14(2)15(3)11-16)12-18(25)21-19-22-23-20(28-4)29-19/h5-11H,12H2,1-4H3,(H,21,22,25). The number of amides is 1. The van der Waals surface area contributed by atoms with Crippen LogP contribution in [-0.4, -0.2) is 37.3 Å². The number of anilines is 2. The molecule has 0 aliphatic carbocycles. The number of carbonyl (C=O) groups is 1. The molecular formula is C20H22N4O3S3. The monoisotopic (exact) mass is 462 g/mol. The van der Waals surface area contributed by atoms with Gasteiger partial charge in [0.2, 0.25) is 11.0 Å². The van der Waals surface area contributed by atoms with Gasteiger partial charge in [0, 0.05) is 0 Å². The van der Waals surface area contributed by atoms with Gasteiger partial charge in [-0.2, -0.15) is 0 Å². The summed E-state index contributed by atoms with van der Waals surface area (Å²) in [5.74, 6) is -0.493. The Morgan fingerprint density at radius 1 is 1.07 bits per heavy atom. The SMILES string of the molecule is CSc1nnc(NC(=O)CN(c2ccc(C)c(C)c2)S(=O)(=O)c2ccc(C)cc2)s1. The predicted molar refractivity (Wildman–Crippen MR) is 122 cm³/mol. The number of thioether (sulfide) groups is 1. The molecule has 2 aromatic carbocycles. The largest absolute Gasteiger partial charge is 0.299 e. The second-order valence-corrected chi connectivity index (χ2v) is 10.6. The Balaban J connectivity index is 1.95. The van der Waals surface area contributed by atoms with E-state index in [9.17, 15) is 13.2 Å². The van der Waals surface area contributed by atoms with Gasteiger partial charge >= 0.3 is 0 Å². The number of hydrogen-bond donors (Lipinski definition) is 1. The highest BCUT2D eigenvalue weighted by molar-refractivity contribution is 8.00. The number of benzene rings is 2. The van der Waals surface area contributed by atoms with Crippen LogP contribution < -0.4 is 9.62 Å². The van der Waals surface area contributed by atoms with E-state index in [1.165, 1.54) is 23.1 Å². The molecule has 3 rings (SSSR count). The summed E-state index contributed by atoms with van der Waals surface area (Å²) in [4.78, 5) is 12.8. The molecule has 1 amide bonds. The van der Waals surface area contributed by atoms with Gasteiger partial charge in [-0.05, 0) is 62.4 Å². The van der Waals surface area contributed by atoms with Crippen molar-refractivity contribution in [3.8, 4) is 0 Å². The van der Waals surface area contributed by atoms with E-state index in [0.717, 1.165) is 21.0 Å². The highest BCUT2D eigenvalue weighted by Crippen LogP contribution is 2.27. The molecule has 0 saturated heterocycles. The van der Waals surface area contributed by atoms with Crippen LogP contribution in [-0.2, 0) is 14.8 Å². The molecular weight excluding hydrogens is 440 g/mol. The molecule has 1 N–H and O–H groups in total. The molecule has 0 aliphatic heterocycles. The zero-order valence-electron chi connectivity index (χ0n) is 17.0. The maximum Gasteiger partial charge on any atom is 0.264 e. The van der Waals surface area contributed by atoms with E-state index in [0.29, 0.717) is 15.2 Å². The summed E-state index contributed by atoms with van der Waals surface area (Å²) in [6, 6.07) is 11.9. The van der Waals surface area contributed by atoms with Crippen LogP contribution >= 0.6 is 23.1 Å². The summed E-state index contributed by atoms with van der Waals surface area (Å²) in [5.41, 5.74) is 3.35. The molecule has 7 nitrogen and oxygen atoms in total. The molecule has 10 heteroatoms. The summed E-state index contributed by atoms with van der Waals surface area (Å²) in [6.07, 6.45) is 1.86. The van der Waals surface area contributed by atoms with Crippen LogP contribution in [0.25, 0.3) is 0 Å². The average Bonchev–Trinajstić information content (AvgIpc) is 3.16. The summed E-state index contributed by atoms with van der Waals surface area (Å²) in [7, 11) is -3.95. The Bertz CT molecular complexity index is 1160. The van der Waals surface area contributed by atoms with E-state index >= 15 is 0 Å². The Morgan fingerprint density at radius 2 is 1.77 bits per heavy atom. The number of carbonyl (C=O) groups excluding carboxylic acids is 1. The van der Waals surface area contributed by atoms with Crippen molar-refractivity contribution in [1.29, 1.82) is 0 Å². The zero-order chi connectivity index (χ0) is 21.9. The van der Waals surface area contributed by atoms with Crippen molar-refractivity contribution in [2.75, 3.05) is 22.4 Å². The summed E-state index contributed by atoms with van der Waals surface area (Å²) < 4.78 is 28.6. The fourth-order valence-corrected chi connectivity index (χ4v) is 5.26. The first kappa shape index (κ1) is 22.3. The minimum absolute atomic E-state index is 0.125. The highest BCUT2D eigenvalue weighted by Gasteiger charge is 2.28. The van der Waals surface area contributed by atoms with Crippen LogP contribution in [0.15, 0.2) is 51.7 Å². The molecule has 30 heavy (non-hydrogen) atoms. The first-order chi connectivity index (χ1) is 14.2. The molecule has 0 fully saturated rings. The van der Waals surface area contributed by atoms with Gasteiger partial charge < -0.3 is 0 Å². The van der Waals surface area contributed by atoms with Crippen molar-refractivity contribution in [3.05, 3.63) is 59.2 Å². The van der Waals surface area contributed by atoms with Gasteiger partial charge in [-0.3, -0.25) is 14.4 Å². The van der Waals surface area contributed by atoms with Crippen molar-refractivity contribution in [3.63, 3.8) is 0 Å². The van der Waals surface area contributed by atoms with E-state index in [1.807, 2.05) is 33.1 Å². The first-order valence-electron chi connectivity index (χ1n) is 9.04. The van der Waals surface area contributed by atoms with Gasteiger partial charge in [0.1, 0.15) is 6.54 Å². The van der Waals surface area contributed by atoms with Crippen molar-refractivity contribution in [1.82, 2.24) is 10.2 Å². The fraction of sp³-hybridized carbons (Fsp3) is 0.250. The second kappa shape index (κ2) is 9.15. The number of nitrogens with zero attached hydrogens (tertiary/aromatic N) is 3. The molecule has 0 aliphatic rings. The van der Waals surface area contributed by atoms with Crippen LogP contribution in [0.1, 0.15) is 16.7 Å². The van der Waals surface area contributed by atoms with Gasteiger partial charge in [0.05, 0.1) is 10.6 Å². The predicted octanol–water partition coefficient (Wildman–Crippen LogP) is 4.02. The smallest absolute Gasteiger partial charge is 0.264 e. The molecule has 3 aromatic rings. The van der Waals surface area contributed by atoms with E-state index < -0.39 is 15.9 Å². The lowest BCUT2D eigenvalue weighted by Gasteiger charge is -2.24. The molecule has 0 spiro atoms. The Kier molecular flexibility index (Phi) is 6.79. The summed E-state index contributed by atoms with van der Waals surface area (Å²) >= 11 is 2.66. The van der Waals surface area contributed by atoms with Crippen LogP contribution in [0, 0.1) is 20.8 Å². The average molecular weight is 463 g/mol. The summed E-state index contributed by atoms with van der Waals surface area (Å²) in [6.45, 7) is 5.35. The molecule has 0 saturated carbocycles. The molecule has 0 radical (unpaired) electrons. The maximum absolute atomic E-state index is 13.4. The van der Waals surface area contributed by atoms with Gasteiger partial charge in [0.15, 0.2) is 4.34 Å². The van der Waals surface area contributed by atoms with Gasteiger partial charge in [-0.1, -0.05) is 46.9 Å². The Labute approximate surface area is 184 Å². The Hall–Kier alpha value is -2.43. The lowest BCUT2D eigenvalue weighted by molar-refractivity contribution is -0.114. The van der Waals surface area contributed by atoms with Crippen molar-refractivity contribution >= 4 is 49.8 Å². The number of sulfonamides is 1. The number of aryl methyl sites for hydroxylation is 3. The minimum Gasteiger partial charge on any atom is -0.299 e. The van der Waals surface area contributed by atoms with Crippen molar-refractivity contribution in [2.24, 2.45) is 0 Å². The van der Waals surface area contributed by atoms with Crippen LogP contribution in [0.3, 0.4) is 0 Å². The second-order valence-electron chi connectivity index (χ2n) is 6.72. The van der Waals surface area contributed by atoms with Crippen molar-refractivity contribution < 1.29 is 13.2 Å². The quantitative estimate of drug-likeness (QED) is 0.421. The zero-order valence-corrected chi connectivity index (χ0v) is 19.5. The Morgan fingerprint density at radius 3 is 2.37 bits per heavy atom. The first-order valence-corrected chi connectivity index (χ1v) is 12.5. The lowest BCUT2D eigenvalue weighted by Crippen LogP contribution is -2.38. The third-order valence-electron chi connectivity index (χ3n) is 4.50. The summed E-state index contributed by atoms with van der Waals surface area (Å²) in [5, 5.41) is 10.8. The number of nitrogens with one attached hydrogen (secondary N) is 1. The van der Waals surface area contributed by atoms with E-state index in [2.05, 4.69) is 15.5 Å². The number of rotatable bonds is 7. The number of aromatic nitrogens is 2. The third-order valence-corrected chi connectivity index (χ3v) is 8.10. The normalized spacial score (nSPS) is 11.3. The molecule has 0 bridgehead atoms. The number of hydrogen-bond acceptors (Lipinski definition) is 7. The molecule has 0 unspecified atom stereocenters. The maximum atomic E-state index is 13.4. The van der Waals surface area contributed by atoms with E-state index in [4.69, 9.17) is 0 Å². The molecule has 158 valence electrons. The van der Waals surface area contributed by atoms with E-state index in [1.54, 1.807) is 36.4 Å². The minimum atomic E-state index is -3.95. The topological polar surface area (TPSA) is 92.3 Å². The van der Waals surface area contributed by atoms with E-state index in [-0.39, 0.29) is 11.4 Å². The molecule has 1 aromatic heterocycles.